The first-order valence-corrected chi connectivity index (χ1v) is 6.33. The number of thiol groups is 1. The van der Waals surface area contributed by atoms with E-state index in [9.17, 15) is 13.2 Å². The third-order valence-corrected chi connectivity index (χ3v) is 4.07. The Morgan fingerprint density at radius 1 is 1.31 bits per heavy atom. The summed E-state index contributed by atoms with van der Waals surface area (Å²) < 4.78 is 37.2. The SMILES string of the molecule is CC(C)N(CC(F)(F)F)CC1(CS)CCC1. The molecule has 0 radical (unpaired) electrons. The zero-order valence-corrected chi connectivity index (χ0v) is 10.7. The van der Waals surface area contributed by atoms with Gasteiger partial charge in [-0.25, -0.2) is 0 Å². The summed E-state index contributed by atoms with van der Waals surface area (Å²) in [5.74, 6) is 0.689. The Kier molecular flexibility index (Phi) is 4.57. The lowest BCUT2D eigenvalue weighted by molar-refractivity contribution is -0.154. The van der Waals surface area contributed by atoms with Crippen molar-refractivity contribution in [3.63, 3.8) is 0 Å². The Balaban J connectivity index is 2.57. The molecule has 0 unspecified atom stereocenters. The lowest BCUT2D eigenvalue weighted by Gasteiger charge is -2.45. The Hall–Kier alpha value is 0.100. The van der Waals surface area contributed by atoms with Crippen molar-refractivity contribution in [2.75, 3.05) is 18.8 Å². The molecule has 1 aliphatic carbocycles. The lowest BCUT2D eigenvalue weighted by Crippen LogP contribution is -2.49. The Bertz CT molecular complexity index is 218. The molecule has 1 saturated carbocycles. The first kappa shape index (κ1) is 14.2. The number of halogens is 3. The Morgan fingerprint density at radius 3 is 2.12 bits per heavy atom. The van der Waals surface area contributed by atoms with Crippen molar-refractivity contribution in [2.24, 2.45) is 5.41 Å². The summed E-state index contributed by atoms with van der Waals surface area (Å²) in [7, 11) is 0. The molecule has 0 atom stereocenters. The van der Waals surface area contributed by atoms with Crippen LogP contribution >= 0.6 is 12.6 Å². The third-order valence-electron chi connectivity index (χ3n) is 3.40. The van der Waals surface area contributed by atoms with E-state index in [0.29, 0.717) is 12.3 Å². The summed E-state index contributed by atoms with van der Waals surface area (Å²) in [6.45, 7) is 3.35. The molecule has 0 spiro atoms. The van der Waals surface area contributed by atoms with Crippen LogP contribution < -0.4 is 0 Å². The number of rotatable bonds is 5. The van der Waals surface area contributed by atoms with Crippen LogP contribution in [0.1, 0.15) is 33.1 Å². The Labute approximate surface area is 101 Å². The molecule has 16 heavy (non-hydrogen) atoms. The normalized spacial score (nSPS) is 20.2. The molecule has 96 valence electrons. The van der Waals surface area contributed by atoms with E-state index in [0.717, 1.165) is 19.3 Å². The molecule has 1 rings (SSSR count). The van der Waals surface area contributed by atoms with Crippen molar-refractivity contribution in [1.82, 2.24) is 4.90 Å². The average Bonchev–Trinajstić information content (AvgIpc) is 2.07. The van der Waals surface area contributed by atoms with Crippen LogP contribution in [0.25, 0.3) is 0 Å². The van der Waals surface area contributed by atoms with Crippen molar-refractivity contribution in [3.8, 4) is 0 Å². The van der Waals surface area contributed by atoms with Crippen LogP contribution in [-0.2, 0) is 0 Å². The highest BCUT2D eigenvalue weighted by atomic mass is 32.1. The van der Waals surface area contributed by atoms with Gasteiger partial charge in [-0.1, -0.05) is 6.42 Å². The van der Waals surface area contributed by atoms with Gasteiger partial charge in [-0.2, -0.15) is 25.8 Å². The van der Waals surface area contributed by atoms with Crippen molar-refractivity contribution < 1.29 is 13.2 Å². The van der Waals surface area contributed by atoms with Crippen molar-refractivity contribution in [1.29, 1.82) is 0 Å². The van der Waals surface area contributed by atoms with Gasteiger partial charge < -0.3 is 0 Å². The molecular weight excluding hydrogens is 235 g/mol. The summed E-state index contributed by atoms with van der Waals surface area (Å²) in [6, 6.07) is -0.0704. The van der Waals surface area contributed by atoms with E-state index in [2.05, 4.69) is 12.6 Å². The summed E-state index contributed by atoms with van der Waals surface area (Å²) in [4.78, 5) is 1.52. The van der Waals surface area contributed by atoms with Crippen LogP contribution in [0, 0.1) is 5.41 Å². The molecule has 0 aromatic carbocycles. The van der Waals surface area contributed by atoms with Crippen molar-refractivity contribution in [2.45, 2.75) is 45.3 Å². The zero-order valence-electron chi connectivity index (χ0n) is 9.85. The van der Waals surface area contributed by atoms with Gasteiger partial charge in [-0.3, -0.25) is 4.90 Å². The van der Waals surface area contributed by atoms with E-state index >= 15 is 0 Å². The number of nitrogens with zero attached hydrogens (tertiary/aromatic N) is 1. The van der Waals surface area contributed by atoms with Crippen LogP contribution in [0.5, 0.6) is 0 Å². The van der Waals surface area contributed by atoms with Crippen LogP contribution in [0.3, 0.4) is 0 Å². The second-order valence-corrected chi connectivity index (χ2v) is 5.44. The van der Waals surface area contributed by atoms with Gasteiger partial charge in [0.15, 0.2) is 0 Å². The number of alkyl halides is 3. The molecule has 1 nitrogen and oxygen atoms in total. The first-order chi connectivity index (χ1) is 7.28. The molecule has 0 N–H and O–H groups in total. The molecule has 0 saturated heterocycles. The largest absolute Gasteiger partial charge is 0.401 e. The van der Waals surface area contributed by atoms with Gasteiger partial charge in [-0.05, 0) is 37.9 Å². The minimum atomic E-state index is -4.11. The fraction of sp³-hybridized carbons (Fsp3) is 1.00. The van der Waals surface area contributed by atoms with Crippen LogP contribution in [0.15, 0.2) is 0 Å². The molecule has 0 amide bonds. The zero-order chi connectivity index (χ0) is 12.4. The van der Waals surface area contributed by atoms with Gasteiger partial charge >= 0.3 is 6.18 Å². The highest BCUT2D eigenvalue weighted by Crippen LogP contribution is 2.43. The monoisotopic (exact) mass is 255 g/mol. The maximum atomic E-state index is 12.4. The highest BCUT2D eigenvalue weighted by Gasteiger charge is 2.40. The molecule has 5 heteroatoms. The topological polar surface area (TPSA) is 3.24 Å². The van der Waals surface area contributed by atoms with Gasteiger partial charge in [0.2, 0.25) is 0 Å². The minimum Gasteiger partial charge on any atom is -0.292 e. The van der Waals surface area contributed by atoms with Gasteiger partial charge in [-0.15, -0.1) is 0 Å². The maximum absolute atomic E-state index is 12.4. The molecule has 1 aliphatic rings. The van der Waals surface area contributed by atoms with Crippen LogP contribution in [0.4, 0.5) is 13.2 Å². The van der Waals surface area contributed by atoms with E-state index in [4.69, 9.17) is 0 Å². The molecule has 0 heterocycles. The second kappa shape index (κ2) is 5.17. The van der Waals surface area contributed by atoms with Crippen LogP contribution in [-0.4, -0.2) is 36.0 Å². The molecular formula is C11H20F3NS. The molecule has 1 fully saturated rings. The van der Waals surface area contributed by atoms with E-state index in [1.54, 1.807) is 0 Å². The average molecular weight is 255 g/mol. The van der Waals surface area contributed by atoms with Gasteiger partial charge in [0, 0.05) is 12.6 Å². The summed E-state index contributed by atoms with van der Waals surface area (Å²) >= 11 is 4.28. The van der Waals surface area contributed by atoms with E-state index in [1.807, 2.05) is 13.8 Å². The molecule has 0 aliphatic heterocycles. The fourth-order valence-electron chi connectivity index (χ4n) is 2.13. The predicted molar refractivity (Wildman–Crippen MR) is 62.9 cm³/mol. The molecule has 0 bridgehead atoms. The minimum absolute atomic E-state index is 0.0264. The number of hydrogen-bond acceptors (Lipinski definition) is 2. The summed E-state index contributed by atoms with van der Waals surface area (Å²) in [5, 5.41) is 0. The lowest BCUT2D eigenvalue weighted by atomic mass is 9.70. The smallest absolute Gasteiger partial charge is 0.292 e. The third kappa shape index (κ3) is 3.84. The van der Waals surface area contributed by atoms with E-state index in [-0.39, 0.29) is 11.5 Å². The second-order valence-electron chi connectivity index (χ2n) is 5.13. The Morgan fingerprint density at radius 2 is 1.88 bits per heavy atom. The first-order valence-electron chi connectivity index (χ1n) is 5.70. The van der Waals surface area contributed by atoms with Gasteiger partial charge in [0.05, 0.1) is 6.54 Å². The standard InChI is InChI=1S/C11H20F3NS/c1-9(2)15(7-11(12,13)14)6-10(8-16)4-3-5-10/h9,16H,3-8H2,1-2H3. The van der Waals surface area contributed by atoms with E-state index < -0.39 is 12.7 Å². The fourth-order valence-corrected chi connectivity index (χ4v) is 2.54. The van der Waals surface area contributed by atoms with Gasteiger partial charge in [0.25, 0.3) is 0 Å². The quantitative estimate of drug-likeness (QED) is 0.737. The van der Waals surface area contributed by atoms with Crippen LogP contribution in [0.2, 0.25) is 0 Å². The van der Waals surface area contributed by atoms with Crippen molar-refractivity contribution in [3.05, 3.63) is 0 Å². The highest BCUT2D eigenvalue weighted by molar-refractivity contribution is 7.80. The number of hydrogen-bond donors (Lipinski definition) is 1. The summed E-state index contributed by atoms with van der Waals surface area (Å²) in [5.41, 5.74) is 0.0264. The van der Waals surface area contributed by atoms with E-state index in [1.165, 1.54) is 4.90 Å². The van der Waals surface area contributed by atoms with Crippen molar-refractivity contribution >= 4 is 12.6 Å². The summed E-state index contributed by atoms with van der Waals surface area (Å²) in [6.07, 6.45) is -0.959. The maximum Gasteiger partial charge on any atom is 0.401 e. The predicted octanol–water partition coefficient (Wildman–Crippen LogP) is 3.36. The van der Waals surface area contributed by atoms with Gasteiger partial charge in [0.1, 0.15) is 0 Å². The molecule has 0 aromatic rings. The molecule has 0 aromatic heterocycles.